The molecule has 0 aliphatic heterocycles. The summed E-state index contributed by atoms with van der Waals surface area (Å²) < 4.78 is 0. The molecule has 21 heavy (non-hydrogen) atoms. The predicted octanol–water partition coefficient (Wildman–Crippen LogP) is 6.19. The van der Waals surface area contributed by atoms with Crippen molar-refractivity contribution in [2.24, 2.45) is 0 Å². The van der Waals surface area contributed by atoms with Gasteiger partial charge in [-0.3, -0.25) is 0 Å². The summed E-state index contributed by atoms with van der Waals surface area (Å²) in [5.74, 6) is 0. The highest BCUT2D eigenvalue weighted by molar-refractivity contribution is 6.36. The molecule has 1 N–H and O–H groups in total. The lowest BCUT2D eigenvalue weighted by atomic mass is 9.98. The molecule has 0 aliphatic rings. The molecular formula is C16H15Cl4N. The Morgan fingerprint density at radius 1 is 0.952 bits per heavy atom. The van der Waals surface area contributed by atoms with Crippen molar-refractivity contribution in [2.45, 2.75) is 19.4 Å². The van der Waals surface area contributed by atoms with Crippen LogP contribution in [0.1, 0.15) is 24.1 Å². The van der Waals surface area contributed by atoms with Gasteiger partial charge in [0.2, 0.25) is 0 Å². The Morgan fingerprint density at radius 3 is 2.24 bits per heavy atom. The van der Waals surface area contributed by atoms with Crippen LogP contribution in [-0.4, -0.2) is 6.54 Å². The van der Waals surface area contributed by atoms with E-state index in [1.165, 1.54) is 0 Å². The van der Waals surface area contributed by atoms with E-state index in [9.17, 15) is 0 Å². The lowest BCUT2D eigenvalue weighted by molar-refractivity contribution is 0.550. The van der Waals surface area contributed by atoms with Crippen LogP contribution in [-0.2, 0) is 6.42 Å². The first-order chi connectivity index (χ1) is 10.0. The molecule has 0 saturated heterocycles. The summed E-state index contributed by atoms with van der Waals surface area (Å²) in [5.41, 5.74) is 1.85. The smallest absolute Gasteiger partial charge is 0.0454 e. The van der Waals surface area contributed by atoms with Crippen molar-refractivity contribution in [3.63, 3.8) is 0 Å². The Kier molecular flexibility index (Phi) is 6.21. The standard InChI is InChI=1S/C16H15Cl4N/c1-2-21-16(12-8-10(17)6-7-15(12)20)9-11-13(18)4-3-5-14(11)19/h3-8,16,21H,2,9H2,1H3. The fraction of sp³-hybridized carbons (Fsp3) is 0.250. The topological polar surface area (TPSA) is 12.0 Å². The van der Waals surface area contributed by atoms with Crippen LogP contribution < -0.4 is 5.32 Å². The van der Waals surface area contributed by atoms with E-state index in [-0.39, 0.29) is 6.04 Å². The Labute approximate surface area is 145 Å². The average Bonchev–Trinajstić information content (AvgIpc) is 2.44. The number of benzene rings is 2. The molecule has 2 aromatic carbocycles. The third kappa shape index (κ3) is 4.28. The zero-order chi connectivity index (χ0) is 15.4. The first-order valence-corrected chi connectivity index (χ1v) is 8.15. The van der Waals surface area contributed by atoms with Gasteiger partial charge in [-0.1, -0.05) is 59.4 Å². The Morgan fingerprint density at radius 2 is 1.62 bits per heavy atom. The summed E-state index contributed by atoms with van der Waals surface area (Å²) in [6.07, 6.45) is 0.645. The lowest BCUT2D eigenvalue weighted by Crippen LogP contribution is -2.23. The molecule has 1 atom stereocenters. The number of likely N-dealkylation sites (N-methyl/N-ethyl adjacent to an activating group) is 1. The fourth-order valence-electron chi connectivity index (χ4n) is 2.25. The van der Waals surface area contributed by atoms with Crippen LogP contribution >= 0.6 is 46.4 Å². The van der Waals surface area contributed by atoms with Crippen molar-refractivity contribution in [1.82, 2.24) is 5.32 Å². The van der Waals surface area contributed by atoms with Gasteiger partial charge < -0.3 is 5.32 Å². The summed E-state index contributed by atoms with van der Waals surface area (Å²) in [6, 6.07) is 11.0. The summed E-state index contributed by atoms with van der Waals surface area (Å²) in [6.45, 7) is 2.84. The largest absolute Gasteiger partial charge is 0.310 e. The molecule has 0 fully saturated rings. The maximum absolute atomic E-state index is 6.31. The van der Waals surface area contributed by atoms with Crippen LogP contribution in [0, 0.1) is 0 Å². The van der Waals surface area contributed by atoms with Crippen molar-refractivity contribution in [3.05, 3.63) is 67.6 Å². The minimum absolute atomic E-state index is 0.00130. The molecule has 0 amide bonds. The van der Waals surface area contributed by atoms with Gasteiger partial charge in [0.05, 0.1) is 0 Å². The minimum atomic E-state index is -0.00130. The van der Waals surface area contributed by atoms with Gasteiger partial charge in [0.25, 0.3) is 0 Å². The van der Waals surface area contributed by atoms with Gasteiger partial charge in [-0.15, -0.1) is 0 Å². The van der Waals surface area contributed by atoms with Crippen molar-refractivity contribution >= 4 is 46.4 Å². The molecule has 0 radical (unpaired) electrons. The monoisotopic (exact) mass is 361 g/mol. The van der Waals surface area contributed by atoms with Crippen molar-refractivity contribution in [1.29, 1.82) is 0 Å². The van der Waals surface area contributed by atoms with Gasteiger partial charge in [-0.2, -0.15) is 0 Å². The van der Waals surface area contributed by atoms with Crippen LogP contribution in [0.3, 0.4) is 0 Å². The average molecular weight is 363 g/mol. The van der Waals surface area contributed by atoms with Gasteiger partial charge in [-0.25, -0.2) is 0 Å². The van der Waals surface area contributed by atoms with E-state index in [0.717, 1.165) is 17.7 Å². The fourth-order valence-corrected chi connectivity index (χ4v) is 3.23. The molecule has 5 heteroatoms. The van der Waals surface area contributed by atoms with Crippen LogP contribution in [0.4, 0.5) is 0 Å². The zero-order valence-corrected chi connectivity index (χ0v) is 14.5. The van der Waals surface area contributed by atoms with Gasteiger partial charge in [0.15, 0.2) is 0 Å². The van der Waals surface area contributed by atoms with Crippen LogP contribution in [0.2, 0.25) is 20.1 Å². The third-order valence-electron chi connectivity index (χ3n) is 3.25. The molecule has 0 bridgehead atoms. The highest BCUT2D eigenvalue weighted by Crippen LogP contribution is 2.33. The number of hydrogen-bond donors (Lipinski definition) is 1. The second-order valence-electron chi connectivity index (χ2n) is 4.68. The van der Waals surface area contributed by atoms with E-state index in [4.69, 9.17) is 46.4 Å². The molecule has 2 aromatic rings. The minimum Gasteiger partial charge on any atom is -0.310 e. The SMILES string of the molecule is CCNC(Cc1c(Cl)cccc1Cl)c1cc(Cl)ccc1Cl. The number of hydrogen-bond acceptors (Lipinski definition) is 1. The van der Waals surface area contributed by atoms with E-state index in [1.54, 1.807) is 12.1 Å². The highest BCUT2D eigenvalue weighted by atomic mass is 35.5. The molecule has 0 saturated carbocycles. The van der Waals surface area contributed by atoms with Crippen LogP contribution in [0.25, 0.3) is 0 Å². The van der Waals surface area contributed by atoms with Crippen molar-refractivity contribution in [2.75, 3.05) is 6.54 Å². The summed E-state index contributed by atoms with van der Waals surface area (Å²) in [7, 11) is 0. The summed E-state index contributed by atoms with van der Waals surface area (Å²) in [4.78, 5) is 0. The zero-order valence-electron chi connectivity index (χ0n) is 11.5. The van der Waals surface area contributed by atoms with Crippen molar-refractivity contribution < 1.29 is 0 Å². The van der Waals surface area contributed by atoms with Crippen molar-refractivity contribution in [3.8, 4) is 0 Å². The quantitative estimate of drug-likeness (QED) is 0.668. The number of nitrogens with one attached hydrogen (secondary N) is 1. The molecule has 112 valence electrons. The van der Waals surface area contributed by atoms with Gasteiger partial charge in [-0.05, 0) is 54.4 Å². The van der Waals surface area contributed by atoms with E-state index < -0.39 is 0 Å². The molecule has 1 unspecified atom stereocenters. The number of rotatable bonds is 5. The molecule has 0 aromatic heterocycles. The molecule has 2 rings (SSSR count). The van der Waals surface area contributed by atoms with Gasteiger partial charge >= 0.3 is 0 Å². The van der Waals surface area contributed by atoms with Crippen LogP contribution in [0.15, 0.2) is 36.4 Å². The second-order valence-corrected chi connectivity index (χ2v) is 6.34. The second kappa shape index (κ2) is 7.71. The van der Waals surface area contributed by atoms with Gasteiger partial charge in [0.1, 0.15) is 0 Å². The maximum atomic E-state index is 6.31. The van der Waals surface area contributed by atoms with E-state index >= 15 is 0 Å². The number of halogens is 4. The molecule has 0 spiro atoms. The third-order valence-corrected chi connectivity index (χ3v) is 4.54. The van der Waals surface area contributed by atoms with Gasteiger partial charge in [0, 0.05) is 26.1 Å². The first-order valence-electron chi connectivity index (χ1n) is 6.64. The highest BCUT2D eigenvalue weighted by Gasteiger charge is 2.18. The van der Waals surface area contributed by atoms with E-state index in [1.807, 2.05) is 31.2 Å². The maximum Gasteiger partial charge on any atom is 0.0454 e. The first kappa shape index (κ1) is 16.9. The van der Waals surface area contributed by atoms with E-state index in [0.29, 0.717) is 26.5 Å². The molecule has 1 nitrogen and oxygen atoms in total. The lowest BCUT2D eigenvalue weighted by Gasteiger charge is -2.21. The normalized spacial score (nSPS) is 12.4. The summed E-state index contributed by atoms with van der Waals surface area (Å²) in [5, 5.41) is 6.05. The Bertz CT molecular complexity index is 607. The Balaban J connectivity index is 2.38. The van der Waals surface area contributed by atoms with E-state index in [2.05, 4.69) is 5.32 Å². The Hall–Kier alpha value is -0.440. The molecule has 0 heterocycles. The predicted molar refractivity (Wildman–Crippen MR) is 93.0 cm³/mol. The summed E-state index contributed by atoms with van der Waals surface area (Å²) >= 11 is 24.9. The van der Waals surface area contributed by atoms with Crippen LogP contribution in [0.5, 0.6) is 0 Å². The molecular weight excluding hydrogens is 348 g/mol. The molecule has 0 aliphatic carbocycles.